The number of benzene rings is 2. The summed E-state index contributed by atoms with van der Waals surface area (Å²) in [6.07, 6.45) is 5.34. The Balaban J connectivity index is 1.88. The fraction of sp³-hybridized carbons (Fsp3) is 0.111. The monoisotopic (exact) mass is 358 g/mol. The predicted molar refractivity (Wildman–Crippen MR) is 91.1 cm³/mol. The number of hydrogen-bond acceptors (Lipinski definition) is 3. The molecule has 0 spiro atoms. The van der Waals surface area contributed by atoms with E-state index in [0.717, 1.165) is 11.3 Å². The fourth-order valence-corrected chi connectivity index (χ4v) is 3.29. The van der Waals surface area contributed by atoms with Crippen LogP contribution in [0.3, 0.4) is 0 Å². The average Bonchev–Trinajstić information content (AvgIpc) is 2.93. The van der Waals surface area contributed by atoms with Crippen LogP contribution in [-0.2, 0) is 11.3 Å². The lowest BCUT2D eigenvalue weighted by Gasteiger charge is -2.03. The Kier molecular flexibility index (Phi) is 4.91. The number of aromatic nitrogens is 1. The second-order valence-electron chi connectivity index (χ2n) is 5.01. The normalized spacial score (nSPS) is 11.5. The molecule has 7 heteroatoms. The van der Waals surface area contributed by atoms with E-state index in [1.54, 1.807) is 12.1 Å². The maximum absolute atomic E-state index is 14.1. The van der Waals surface area contributed by atoms with Crippen LogP contribution in [0.1, 0.15) is 0 Å². The Hall–Kier alpha value is -2.98. The molecule has 0 saturated carbocycles. The third-order valence-corrected chi connectivity index (χ3v) is 4.34. The summed E-state index contributed by atoms with van der Waals surface area (Å²) in [6.45, 7) is -0.232. The molecule has 0 aliphatic heterocycles. The van der Waals surface area contributed by atoms with Crippen molar-refractivity contribution in [3.8, 4) is 18.1 Å². The van der Waals surface area contributed by atoms with Crippen LogP contribution in [0.15, 0.2) is 47.5 Å². The van der Waals surface area contributed by atoms with Gasteiger partial charge in [-0.2, -0.15) is 4.99 Å². The lowest BCUT2D eigenvalue weighted by atomic mass is 10.3. The zero-order chi connectivity index (χ0) is 17.8. The van der Waals surface area contributed by atoms with Crippen LogP contribution in [0, 0.1) is 24.0 Å². The van der Waals surface area contributed by atoms with Crippen LogP contribution >= 0.6 is 11.3 Å². The number of carbonyl (C=O) groups excluding carboxylic acids is 1. The molecule has 3 rings (SSSR count). The van der Waals surface area contributed by atoms with E-state index in [1.165, 1.54) is 34.9 Å². The molecule has 2 aromatic carbocycles. The first-order valence-electron chi connectivity index (χ1n) is 7.25. The Labute approximate surface area is 146 Å². The van der Waals surface area contributed by atoms with E-state index < -0.39 is 17.5 Å². The molecule has 0 atom stereocenters. The minimum Gasteiger partial charge on any atom is -0.484 e. The highest BCUT2D eigenvalue weighted by Gasteiger charge is 2.11. The topological polar surface area (TPSA) is 43.6 Å². The molecule has 3 aromatic rings. The highest BCUT2D eigenvalue weighted by atomic mass is 32.1. The Bertz CT molecular complexity index is 1030. The SMILES string of the molecule is C#CCn1c(=NC(=O)COc2ccc(F)cc2)sc2cccc(F)c21. The third-order valence-electron chi connectivity index (χ3n) is 3.30. The number of carbonyl (C=O) groups is 1. The van der Waals surface area contributed by atoms with Crippen molar-refractivity contribution >= 4 is 27.5 Å². The van der Waals surface area contributed by atoms with Crippen LogP contribution in [-0.4, -0.2) is 17.1 Å². The van der Waals surface area contributed by atoms with Crippen LogP contribution in [0.2, 0.25) is 0 Å². The van der Waals surface area contributed by atoms with E-state index in [-0.39, 0.29) is 13.2 Å². The first kappa shape index (κ1) is 16.9. The molecule has 0 radical (unpaired) electrons. The lowest BCUT2D eigenvalue weighted by molar-refractivity contribution is -0.120. The number of terminal acetylenes is 1. The molecule has 0 aliphatic carbocycles. The van der Waals surface area contributed by atoms with Crippen molar-refractivity contribution in [2.75, 3.05) is 6.61 Å². The quantitative estimate of drug-likeness (QED) is 0.673. The number of para-hydroxylation sites is 1. The van der Waals surface area contributed by atoms with Gasteiger partial charge in [0.1, 0.15) is 17.4 Å². The number of nitrogens with zero attached hydrogens (tertiary/aromatic N) is 2. The van der Waals surface area contributed by atoms with E-state index in [0.29, 0.717) is 20.8 Å². The van der Waals surface area contributed by atoms with Gasteiger partial charge in [0.05, 0.1) is 16.8 Å². The summed E-state index contributed by atoms with van der Waals surface area (Å²) in [6, 6.07) is 9.92. The van der Waals surface area contributed by atoms with Gasteiger partial charge in [0.15, 0.2) is 11.4 Å². The van der Waals surface area contributed by atoms with Gasteiger partial charge < -0.3 is 9.30 Å². The molecular weight excluding hydrogens is 346 g/mol. The van der Waals surface area contributed by atoms with E-state index >= 15 is 0 Å². The van der Waals surface area contributed by atoms with Crippen molar-refractivity contribution < 1.29 is 18.3 Å². The average molecular weight is 358 g/mol. The van der Waals surface area contributed by atoms with Gasteiger partial charge in [-0.25, -0.2) is 8.78 Å². The minimum absolute atomic E-state index is 0.0892. The molecule has 0 saturated heterocycles. The first-order valence-corrected chi connectivity index (χ1v) is 8.07. The third kappa shape index (κ3) is 3.75. The predicted octanol–water partition coefficient (Wildman–Crippen LogP) is 3.12. The molecule has 0 N–H and O–H groups in total. The van der Waals surface area contributed by atoms with Gasteiger partial charge in [-0.05, 0) is 36.4 Å². The molecule has 0 aliphatic rings. The smallest absolute Gasteiger partial charge is 0.286 e. The number of ether oxygens (including phenoxy) is 1. The van der Waals surface area contributed by atoms with Crippen LogP contribution in [0.25, 0.3) is 10.2 Å². The number of thiazole rings is 1. The fourth-order valence-electron chi connectivity index (χ4n) is 2.22. The molecule has 126 valence electrons. The van der Waals surface area contributed by atoms with Gasteiger partial charge in [0.25, 0.3) is 5.91 Å². The molecule has 1 aromatic heterocycles. The van der Waals surface area contributed by atoms with Crippen molar-refractivity contribution in [1.29, 1.82) is 0 Å². The van der Waals surface area contributed by atoms with Crippen molar-refractivity contribution in [2.45, 2.75) is 6.54 Å². The van der Waals surface area contributed by atoms with Crippen molar-refractivity contribution in [3.63, 3.8) is 0 Å². The number of amides is 1. The molecular formula is C18H12F2N2O2S. The number of fused-ring (bicyclic) bond motifs is 1. The van der Waals surface area contributed by atoms with Crippen LogP contribution in [0.4, 0.5) is 8.78 Å². The van der Waals surface area contributed by atoms with Gasteiger partial charge in [0, 0.05) is 0 Å². The number of halogens is 2. The molecule has 1 amide bonds. The Morgan fingerprint density at radius 1 is 1.24 bits per heavy atom. The lowest BCUT2D eigenvalue weighted by Crippen LogP contribution is -2.19. The van der Waals surface area contributed by atoms with E-state index in [1.807, 2.05) is 0 Å². The summed E-state index contributed by atoms with van der Waals surface area (Å²) in [5.41, 5.74) is 0.316. The summed E-state index contributed by atoms with van der Waals surface area (Å²) >= 11 is 1.16. The van der Waals surface area contributed by atoms with Crippen molar-refractivity contribution in [3.05, 3.63) is 58.9 Å². The highest BCUT2D eigenvalue weighted by Crippen LogP contribution is 2.20. The molecule has 0 bridgehead atoms. The van der Waals surface area contributed by atoms with E-state index in [4.69, 9.17) is 11.2 Å². The zero-order valence-corrected chi connectivity index (χ0v) is 13.7. The molecule has 0 unspecified atom stereocenters. The molecule has 25 heavy (non-hydrogen) atoms. The standard InChI is InChI=1S/C18H12F2N2O2S/c1-2-10-22-17-14(20)4-3-5-15(17)25-18(22)21-16(23)11-24-13-8-6-12(19)7-9-13/h1,3-9H,10-11H2. The summed E-state index contributed by atoms with van der Waals surface area (Å²) in [7, 11) is 0. The van der Waals surface area contributed by atoms with Gasteiger partial charge in [0.2, 0.25) is 0 Å². The van der Waals surface area contributed by atoms with Gasteiger partial charge in [-0.3, -0.25) is 4.79 Å². The van der Waals surface area contributed by atoms with Crippen molar-refractivity contribution in [1.82, 2.24) is 4.57 Å². The van der Waals surface area contributed by atoms with E-state index in [9.17, 15) is 13.6 Å². The first-order chi connectivity index (χ1) is 12.1. The second kappa shape index (κ2) is 7.28. The number of rotatable bonds is 4. The summed E-state index contributed by atoms with van der Waals surface area (Å²) in [4.78, 5) is 16.3. The van der Waals surface area contributed by atoms with Gasteiger partial charge >= 0.3 is 0 Å². The summed E-state index contributed by atoms with van der Waals surface area (Å²) in [5.74, 6) is 1.40. The second-order valence-corrected chi connectivity index (χ2v) is 6.02. The number of hydrogen-bond donors (Lipinski definition) is 0. The van der Waals surface area contributed by atoms with Crippen LogP contribution < -0.4 is 9.54 Å². The van der Waals surface area contributed by atoms with Crippen LogP contribution in [0.5, 0.6) is 5.75 Å². The van der Waals surface area contributed by atoms with E-state index in [2.05, 4.69) is 10.9 Å². The maximum Gasteiger partial charge on any atom is 0.286 e. The zero-order valence-electron chi connectivity index (χ0n) is 12.9. The molecule has 4 nitrogen and oxygen atoms in total. The Morgan fingerprint density at radius 2 is 2.00 bits per heavy atom. The van der Waals surface area contributed by atoms with Crippen molar-refractivity contribution in [2.24, 2.45) is 4.99 Å². The highest BCUT2D eigenvalue weighted by molar-refractivity contribution is 7.16. The minimum atomic E-state index is -0.554. The van der Waals surface area contributed by atoms with Gasteiger partial charge in [-0.1, -0.05) is 23.3 Å². The molecule has 0 fully saturated rings. The molecule has 1 heterocycles. The van der Waals surface area contributed by atoms with Gasteiger partial charge in [-0.15, -0.1) is 6.42 Å². The maximum atomic E-state index is 14.1. The largest absolute Gasteiger partial charge is 0.484 e. The summed E-state index contributed by atoms with van der Waals surface area (Å²) in [5, 5.41) is 0. The summed E-state index contributed by atoms with van der Waals surface area (Å²) < 4.78 is 34.3. The Morgan fingerprint density at radius 3 is 2.72 bits per heavy atom.